The Morgan fingerprint density at radius 2 is 1.89 bits per heavy atom. The molecule has 0 spiro atoms. The summed E-state index contributed by atoms with van der Waals surface area (Å²) in [7, 11) is 0. The lowest BCUT2D eigenvalue weighted by atomic mass is 10.1. The smallest absolute Gasteiger partial charge is 0.314 e. The van der Waals surface area contributed by atoms with E-state index < -0.39 is 28.3 Å². The van der Waals surface area contributed by atoms with Gasteiger partial charge in [0.2, 0.25) is 5.82 Å². The largest absolute Gasteiger partial charge is 0.358 e. The molecule has 0 saturated heterocycles. The van der Waals surface area contributed by atoms with Gasteiger partial charge >= 0.3 is 5.69 Å². The summed E-state index contributed by atoms with van der Waals surface area (Å²) in [5.41, 5.74) is 0.933. The van der Waals surface area contributed by atoms with E-state index in [1.807, 2.05) is 0 Å². The number of pyridine rings is 1. The van der Waals surface area contributed by atoms with Crippen LogP contribution in [-0.2, 0) is 0 Å². The second-order valence-corrected chi connectivity index (χ2v) is 5.92. The predicted octanol–water partition coefficient (Wildman–Crippen LogP) is 4.22. The first-order valence-electron chi connectivity index (χ1n) is 7.99. The van der Waals surface area contributed by atoms with Crippen molar-refractivity contribution in [1.82, 2.24) is 15.2 Å². The third kappa shape index (κ3) is 4.17. The molecule has 3 aromatic rings. The minimum atomic E-state index is -0.887. The summed E-state index contributed by atoms with van der Waals surface area (Å²) in [6.07, 6.45) is 0. The highest BCUT2D eigenvalue weighted by Crippen LogP contribution is 2.31. The predicted molar refractivity (Wildman–Crippen MR) is 95.9 cm³/mol. The maximum absolute atomic E-state index is 14.3. The molecule has 3 N–H and O–H groups in total. The van der Waals surface area contributed by atoms with Crippen LogP contribution in [0.1, 0.15) is 24.2 Å². The van der Waals surface area contributed by atoms with Crippen LogP contribution in [0.3, 0.4) is 0 Å². The molecule has 2 heterocycles. The summed E-state index contributed by atoms with van der Waals surface area (Å²) in [5.74, 6) is -1.28. The third-order valence-corrected chi connectivity index (χ3v) is 3.83. The fourth-order valence-corrected chi connectivity index (χ4v) is 2.46. The number of benzene rings is 1. The number of H-pyrrole nitrogens is 1. The van der Waals surface area contributed by atoms with E-state index in [1.165, 1.54) is 12.1 Å². The Bertz CT molecular complexity index is 974. The monoisotopic (exact) mass is 374 g/mol. The van der Waals surface area contributed by atoms with Crippen LogP contribution in [0.15, 0.2) is 36.4 Å². The van der Waals surface area contributed by atoms with Gasteiger partial charge in [0, 0.05) is 11.8 Å². The molecule has 0 aliphatic heterocycles. The zero-order chi connectivity index (χ0) is 19.6. The highest BCUT2D eigenvalue weighted by atomic mass is 19.1. The Hall–Kier alpha value is -3.56. The lowest BCUT2D eigenvalue weighted by Crippen LogP contribution is -2.11. The number of nitrogens with one attached hydrogen (secondary N) is 3. The van der Waals surface area contributed by atoms with Gasteiger partial charge in [0.05, 0.1) is 17.0 Å². The van der Waals surface area contributed by atoms with Crippen molar-refractivity contribution in [2.45, 2.75) is 19.9 Å². The van der Waals surface area contributed by atoms with Gasteiger partial charge in [-0.25, -0.2) is 13.8 Å². The van der Waals surface area contributed by atoms with E-state index >= 15 is 0 Å². The molecule has 140 valence electrons. The summed E-state index contributed by atoms with van der Waals surface area (Å²) in [6.45, 7) is 3.50. The lowest BCUT2D eigenvalue weighted by Gasteiger charge is -2.16. The van der Waals surface area contributed by atoms with Gasteiger partial charge in [0.15, 0.2) is 17.5 Å². The Labute approximate surface area is 152 Å². The van der Waals surface area contributed by atoms with Crippen LogP contribution in [0, 0.1) is 28.7 Å². The zero-order valence-corrected chi connectivity index (χ0v) is 14.5. The maximum Gasteiger partial charge on any atom is 0.314 e. The van der Waals surface area contributed by atoms with Gasteiger partial charge in [0.25, 0.3) is 0 Å². The number of aromatic nitrogens is 3. The van der Waals surface area contributed by atoms with E-state index in [0.717, 1.165) is 11.8 Å². The maximum atomic E-state index is 14.3. The van der Waals surface area contributed by atoms with Crippen molar-refractivity contribution < 1.29 is 13.7 Å². The molecule has 8 nitrogen and oxygen atoms in total. The second kappa shape index (κ2) is 7.36. The Morgan fingerprint density at radius 3 is 2.48 bits per heavy atom. The van der Waals surface area contributed by atoms with Crippen molar-refractivity contribution in [2.75, 3.05) is 10.6 Å². The van der Waals surface area contributed by atoms with Crippen molar-refractivity contribution in [3.05, 3.63) is 69.4 Å². The number of rotatable bonds is 6. The molecule has 2 aromatic heterocycles. The molecule has 0 radical (unpaired) electrons. The minimum absolute atomic E-state index is 0.118. The van der Waals surface area contributed by atoms with Gasteiger partial charge < -0.3 is 10.6 Å². The zero-order valence-electron chi connectivity index (χ0n) is 14.5. The van der Waals surface area contributed by atoms with E-state index in [0.29, 0.717) is 11.4 Å². The Kier molecular flexibility index (Phi) is 4.97. The van der Waals surface area contributed by atoms with Crippen LogP contribution in [0.2, 0.25) is 0 Å². The van der Waals surface area contributed by atoms with Gasteiger partial charge in [-0.05, 0) is 31.5 Å². The number of halogens is 2. The third-order valence-electron chi connectivity index (χ3n) is 3.83. The number of nitro groups is 1. The van der Waals surface area contributed by atoms with Crippen LogP contribution < -0.4 is 10.6 Å². The molecule has 1 aromatic carbocycles. The summed E-state index contributed by atoms with van der Waals surface area (Å²) in [5, 5.41) is 23.5. The molecule has 0 saturated carbocycles. The summed E-state index contributed by atoms with van der Waals surface area (Å²) in [4.78, 5) is 14.6. The average molecular weight is 374 g/mol. The van der Waals surface area contributed by atoms with Crippen LogP contribution >= 0.6 is 0 Å². The standard InChI is InChI=1S/C17H16F2N6O2/c1-9-7-15(24-23-9)21-16-13(19)8-14(25(26)27)17(22-16)20-10(2)11-3-5-12(18)6-4-11/h3-8,10H,1-2H3,(H3,20,21,22,23,24)/t10-/m0/s1. The number of hydrogen-bond donors (Lipinski definition) is 3. The molecule has 0 aliphatic carbocycles. The van der Waals surface area contributed by atoms with Crippen molar-refractivity contribution in [3.8, 4) is 0 Å². The van der Waals surface area contributed by atoms with Gasteiger partial charge in [-0.1, -0.05) is 12.1 Å². The second-order valence-electron chi connectivity index (χ2n) is 5.92. The van der Waals surface area contributed by atoms with Crippen LogP contribution in [0.25, 0.3) is 0 Å². The first-order valence-corrected chi connectivity index (χ1v) is 7.99. The summed E-state index contributed by atoms with van der Waals surface area (Å²) in [6, 6.07) is 7.66. The van der Waals surface area contributed by atoms with E-state index in [-0.39, 0.29) is 11.6 Å². The number of aromatic amines is 1. The normalized spacial score (nSPS) is 11.9. The van der Waals surface area contributed by atoms with E-state index in [9.17, 15) is 18.9 Å². The molecule has 0 amide bonds. The van der Waals surface area contributed by atoms with Crippen molar-refractivity contribution in [2.24, 2.45) is 0 Å². The number of hydrogen-bond acceptors (Lipinski definition) is 6. The molecule has 0 aliphatic rings. The topological polar surface area (TPSA) is 109 Å². The van der Waals surface area contributed by atoms with Gasteiger partial charge in [-0.15, -0.1) is 0 Å². The molecule has 0 bridgehead atoms. The molecule has 10 heteroatoms. The van der Waals surface area contributed by atoms with E-state index in [4.69, 9.17) is 0 Å². The fraction of sp³-hybridized carbons (Fsp3) is 0.176. The van der Waals surface area contributed by atoms with E-state index in [2.05, 4.69) is 25.8 Å². The Balaban J connectivity index is 1.92. The fourth-order valence-electron chi connectivity index (χ4n) is 2.46. The molecule has 0 unspecified atom stereocenters. The molecular formula is C17H16F2N6O2. The first kappa shape index (κ1) is 18.2. The molecular weight excluding hydrogens is 358 g/mol. The van der Waals surface area contributed by atoms with Crippen LogP contribution in [0.5, 0.6) is 0 Å². The molecule has 3 rings (SSSR count). The highest BCUT2D eigenvalue weighted by Gasteiger charge is 2.22. The van der Waals surface area contributed by atoms with Crippen LogP contribution in [-0.4, -0.2) is 20.1 Å². The molecule has 0 fully saturated rings. The quantitative estimate of drug-likeness (QED) is 0.440. The van der Waals surface area contributed by atoms with E-state index in [1.54, 1.807) is 32.0 Å². The lowest BCUT2D eigenvalue weighted by molar-refractivity contribution is -0.384. The number of anilines is 3. The van der Waals surface area contributed by atoms with Crippen molar-refractivity contribution in [1.29, 1.82) is 0 Å². The van der Waals surface area contributed by atoms with Gasteiger partial charge in [-0.3, -0.25) is 15.2 Å². The molecule has 1 atom stereocenters. The SMILES string of the molecule is Cc1cc(Nc2nc(N[C@@H](C)c3ccc(F)cc3)c([N+](=O)[O-])cc2F)n[nH]1. The highest BCUT2D eigenvalue weighted by molar-refractivity contribution is 5.64. The summed E-state index contributed by atoms with van der Waals surface area (Å²) < 4.78 is 27.3. The Morgan fingerprint density at radius 1 is 1.19 bits per heavy atom. The van der Waals surface area contributed by atoms with Gasteiger partial charge in [-0.2, -0.15) is 5.10 Å². The first-order chi connectivity index (χ1) is 12.8. The van der Waals surface area contributed by atoms with Gasteiger partial charge in [0.1, 0.15) is 5.82 Å². The van der Waals surface area contributed by atoms with Crippen molar-refractivity contribution in [3.63, 3.8) is 0 Å². The van der Waals surface area contributed by atoms with Crippen LogP contribution in [0.4, 0.5) is 31.9 Å². The minimum Gasteiger partial charge on any atom is -0.358 e. The number of aryl methyl sites for hydroxylation is 1. The average Bonchev–Trinajstić information content (AvgIpc) is 3.02. The summed E-state index contributed by atoms with van der Waals surface area (Å²) >= 11 is 0. The molecule has 27 heavy (non-hydrogen) atoms. The van der Waals surface area contributed by atoms with Crippen molar-refractivity contribution >= 4 is 23.1 Å². The number of nitrogens with zero attached hydrogens (tertiary/aromatic N) is 3.